The number of amides is 1. The number of likely N-dealkylation sites (tertiary alicyclic amines) is 1. The fraction of sp³-hybridized carbons (Fsp3) is 0.308. The summed E-state index contributed by atoms with van der Waals surface area (Å²) in [6.45, 7) is 3.03. The zero-order valence-corrected chi connectivity index (χ0v) is 19.5. The summed E-state index contributed by atoms with van der Waals surface area (Å²) in [6, 6.07) is 16.0. The molecule has 1 N–H and O–H groups in total. The van der Waals surface area contributed by atoms with Crippen molar-refractivity contribution in [3.63, 3.8) is 0 Å². The maximum absolute atomic E-state index is 13.4. The first kappa shape index (κ1) is 22.9. The number of aromatic nitrogens is 4. The Kier molecular flexibility index (Phi) is 6.41. The minimum absolute atomic E-state index is 0.144. The van der Waals surface area contributed by atoms with E-state index >= 15 is 0 Å². The van der Waals surface area contributed by atoms with Crippen molar-refractivity contribution in [2.75, 3.05) is 19.6 Å². The smallest absolute Gasteiger partial charge is 0.279 e. The van der Waals surface area contributed by atoms with Crippen molar-refractivity contribution in [2.45, 2.75) is 19.4 Å². The molecular weight excluding hydrogens is 447 g/mol. The van der Waals surface area contributed by atoms with Gasteiger partial charge in [-0.05, 0) is 61.7 Å². The van der Waals surface area contributed by atoms with Gasteiger partial charge in [-0.15, -0.1) is 0 Å². The quantitative estimate of drug-likeness (QED) is 0.465. The molecule has 0 bridgehead atoms. The van der Waals surface area contributed by atoms with Gasteiger partial charge >= 0.3 is 0 Å². The highest BCUT2D eigenvalue weighted by molar-refractivity contribution is 6.03. The number of fused-ring (bicyclic) bond motifs is 1. The molecule has 1 fully saturated rings. The van der Waals surface area contributed by atoms with Crippen LogP contribution in [0.25, 0.3) is 16.7 Å². The monoisotopic (exact) mass is 474 g/mol. The van der Waals surface area contributed by atoms with Crippen molar-refractivity contribution in [1.29, 1.82) is 0 Å². The van der Waals surface area contributed by atoms with Crippen LogP contribution in [0, 0.1) is 11.7 Å². The highest BCUT2D eigenvalue weighted by Crippen LogP contribution is 2.20. The van der Waals surface area contributed by atoms with Crippen LogP contribution in [0.5, 0.6) is 0 Å². The molecule has 35 heavy (non-hydrogen) atoms. The number of para-hydroxylation sites is 1. The Balaban J connectivity index is 1.26. The van der Waals surface area contributed by atoms with E-state index in [0.717, 1.165) is 38.0 Å². The summed E-state index contributed by atoms with van der Waals surface area (Å²) < 4.78 is 16.3. The Morgan fingerprint density at radius 1 is 1.11 bits per heavy atom. The molecule has 0 saturated carbocycles. The van der Waals surface area contributed by atoms with Crippen LogP contribution in [-0.2, 0) is 13.6 Å². The second-order valence-electron chi connectivity index (χ2n) is 9.01. The number of hydrogen-bond acceptors (Lipinski definition) is 5. The molecule has 2 aromatic carbocycles. The summed E-state index contributed by atoms with van der Waals surface area (Å²) in [5.74, 6) is -0.215. The van der Waals surface area contributed by atoms with Gasteiger partial charge < -0.3 is 9.88 Å². The number of carbonyl (C=O) groups excluding carboxylic acids is 1. The molecule has 1 amide bonds. The van der Waals surface area contributed by atoms with Crippen LogP contribution in [0.1, 0.15) is 28.9 Å². The van der Waals surface area contributed by atoms with Gasteiger partial charge in [-0.1, -0.05) is 30.3 Å². The molecule has 0 unspecified atom stereocenters. The molecule has 1 aliphatic heterocycles. The summed E-state index contributed by atoms with van der Waals surface area (Å²) >= 11 is 0. The second kappa shape index (κ2) is 9.79. The van der Waals surface area contributed by atoms with E-state index in [1.165, 1.54) is 21.6 Å². The molecule has 180 valence electrons. The fourth-order valence-electron chi connectivity index (χ4n) is 4.56. The lowest BCUT2D eigenvalue weighted by Crippen LogP contribution is -2.38. The van der Waals surface area contributed by atoms with E-state index in [1.54, 1.807) is 19.2 Å². The molecule has 2 aromatic heterocycles. The van der Waals surface area contributed by atoms with Gasteiger partial charge in [0.2, 0.25) is 0 Å². The van der Waals surface area contributed by atoms with Gasteiger partial charge in [0.05, 0.1) is 12.0 Å². The Morgan fingerprint density at radius 3 is 2.63 bits per heavy atom. The second-order valence-corrected chi connectivity index (χ2v) is 9.01. The number of nitrogens with zero attached hydrogens (tertiary/aromatic N) is 5. The number of hydrogen-bond donors (Lipinski definition) is 1. The molecular formula is C26H27FN6O2. The van der Waals surface area contributed by atoms with E-state index in [1.807, 2.05) is 36.4 Å². The van der Waals surface area contributed by atoms with Gasteiger partial charge in [0.1, 0.15) is 11.3 Å². The predicted molar refractivity (Wildman–Crippen MR) is 131 cm³/mol. The van der Waals surface area contributed by atoms with Crippen molar-refractivity contribution in [2.24, 2.45) is 13.0 Å². The molecule has 0 atom stereocenters. The van der Waals surface area contributed by atoms with Gasteiger partial charge in [-0.2, -0.15) is 5.10 Å². The van der Waals surface area contributed by atoms with Crippen LogP contribution in [0.15, 0.2) is 65.7 Å². The summed E-state index contributed by atoms with van der Waals surface area (Å²) in [5, 5.41) is 7.48. The van der Waals surface area contributed by atoms with Crippen molar-refractivity contribution < 1.29 is 9.18 Å². The fourth-order valence-corrected chi connectivity index (χ4v) is 4.56. The number of carbonyl (C=O) groups is 1. The summed E-state index contributed by atoms with van der Waals surface area (Å²) in [6.07, 6.45) is 3.29. The van der Waals surface area contributed by atoms with Gasteiger partial charge in [0.15, 0.2) is 11.2 Å². The number of piperidine rings is 1. The zero-order valence-electron chi connectivity index (χ0n) is 19.5. The number of benzene rings is 2. The summed E-state index contributed by atoms with van der Waals surface area (Å²) in [7, 11) is 1.62. The predicted octanol–water partition coefficient (Wildman–Crippen LogP) is 2.90. The van der Waals surface area contributed by atoms with Gasteiger partial charge in [0.25, 0.3) is 11.5 Å². The van der Waals surface area contributed by atoms with Crippen LogP contribution < -0.4 is 10.9 Å². The first-order valence-corrected chi connectivity index (χ1v) is 11.7. The number of halogens is 1. The third kappa shape index (κ3) is 4.85. The Labute approximate surface area is 202 Å². The molecule has 0 spiro atoms. The van der Waals surface area contributed by atoms with Crippen LogP contribution in [0.2, 0.25) is 0 Å². The van der Waals surface area contributed by atoms with Crippen LogP contribution in [-0.4, -0.2) is 49.8 Å². The van der Waals surface area contributed by atoms with Crippen molar-refractivity contribution in [3.8, 4) is 5.69 Å². The van der Waals surface area contributed by atoms with Gasteiger partial charge in [0, 0.05) is 20.1 Å². The van der Waals surface area contributed by atoms with E-state index in [0.29, 0.717) is 23.7 Å². The molecule has 5 rings (SSSR count). The summed E-state index contributed by atoms with van der Waals surface area (Å²) in [4.78, 5) is 32.6. The molecule has 4 aromatic rings. The third-order valence-electron chi connectivity index (χ3n) is 6.51. The maximum atomic E-state index is 13.4. The molecule has 1 aliphatic rings. The van der Waals surface area contributed by atoms with Crippen LogP contribution in [0.4, 0.5) is 4.39 Å². The Bertz CT molecular complexity index is 1410. The maximum Gasteiger partial charge on any atom is 0.279 e. The first-order valence-electron chi connectivity index (χ1n) is 11.7. The SMILES string of the molecule is Cn1cnc2c(C(=O)NCC3CCN(Cc4cccc(F)c4)CC3)nn(-c3ccccc3)c2c1=O. The lowest BCUT2D eigenvalue weighted by atomic mass is 9.96. The van der Waals surface area contributed by atoms with Gasteiger partial charge in [-0.3, -0.25) is 14.5 Å². The Hall–Kier alpha value is -3.85. The van der Waals surface area contributed by atoms with E-state index in [-0.39, 0.29) is 28.5 Å². The lowest BCUT2D eigenvalue weighted by molar-refractivity contribution is 0.0931. The number of nitrogens with one attached hydrogen (secondary N) is 1. The lowest BCUT2D eigenvalue weighted by Gasteiger charge is -2.32. The largest absolute Gasteiger partial charge is 0.350 e. The zero-order chi connectivity index (χ0) is 24.4. The average Bonchev–Trinajstić information content (AvgIpc) is 3.27. The Morgan fingerprint density at radius 2 is 1.89 bits per heavy atom. The highest BCUT2D eigenvalue weighted by Gasteiger charge is 2.24. The van der Waals surface area contributed by atoms with Gasteiger partial charge in [-0.25, -0.2) is 14.1 Å². The molecule has 1 saturated heterocycles. The van der Waals surface area contributed by atoms with Crippen LogP contribution >= 0.6 is 0 Å². The molecule has 0 radical (unpaired) electrons. The average molecular weight is 475 g/mol. The van der Waals surface area contributed by atoms with E-state index < -0.39 is 0 Å². The van der Waals surface area contributed by atoms with Crippen molar-refractivity contribution >= 4 is 16.9 Å². The van der Waals surface area contributed by atoms with E-state index in [2.05, 4.69) is 20.3 Å². The topological polar surface area (TPSA) is 85.1 Å². The molecule has 9 heteroatoms. The highest BCUT2D eigenvalue weighted by atomic mass is 19.1. The third-order valence-corrected chi connectivity index (χ3v) is 6.51. The number of aryl methyl sites for hydroxylation is 1. The minimum Gasteiger partial charge on any atom is -0.350 e. The van der Waals surface area contributed by atoms with Crippen molar-refractivity contribution in [1.82, 2.24) is 29.5 Å². The van der Waals surface area contributed by atoms with E-state index in [4.69, 9.17) is 0 Å². The molecule has 0 aliphatic carbocycles. The van der Waals surface area contributed by atoms with E-state index in [9.17, 15) is 14.0 Å². The minimum atomic E-state index is -0.340. The van der Waals surface area contributed by atoms with Crippen LogP contribution in [0.3, 0.4) is 0 Å². The first-order chi connectivity index (χ1) is 17.0. The van der Waals surface area contributed by atoms with Crippen molar-refractivity contribution in [3.05, 3.63) is 88.4 Å². The molecule has 8 nitrogen and oxygen atoms in total. The normalized spacial score (nSPS) is 14.9. The molecule has 3 heterocycles. The number of rotatable bonds is 6. The summed E-state index contributed by atoms with van der Waals surface area (Å²) in [5.41, 5.74) is 2.10. The standard InChI is InChI=1S/C26H27FN6O2/c1-31-17-29-22-23(30-33(24(22)26(31)35)21-8-3-2-4-9-21)25(34)28-15-18-10-12-32(13-11-18)16-19-6-5-7-20(27)14-19/h2-9,14,17-18H,10-13,15-16H2,1H3,(H,28,34).